The smallest absolute Gasteiger partial charge is 0.245 e. The zero-order valence-corrected chi connectivity index (χ0v) is 14.3. The molecule has 1 aromatic carbocycles. The van der Waals surface area contributed by atoms with Gasteiger partial charge in [0.15, 0.2) is 11.6 Å². The minimum absolute atomic E-state index is 0.0976. The first-order valence-electron chi connectivity index (χ1n) is 8.40. The minimum atomic E-state index is -0.327. The zero-order valence-electron chi connectivity index (χ0n) is 14.3. The van der Waals surface area contributed by atoms with Crippen LogP contribution in [-0.4, -0.2) is 41.9 Å². The predicted octanol–water partition coefficient (Wildman–Crippen LogP) is 1.82. The first-order valence-corrected chi connectivity index (χ1v) is 8.40. The molecule has 25 heavy (non-hydrogen) atoms. The Balaban J connectivity index is 1.57. The Labute approximate surface area is 145 Å². The summed E-state index contributed by atoms with van der Waals surface area (Å²) in [5.41, 5.74) is 1.96. The van der Waals surface area contributed by atoms with E-state index in [9.17, 15) is 4.79 Å². The van der Waals surface area contributed by atoms with Gasteiger partial charge in [0.1, 0.15) is 11.7 Å². The predicted molar refractivity (Wildman–Crippen MR) is 92.5 cm³/mol. The van der Waals surface area contributed by atoms with Crippen LogP contribution < -0.4 is 0 Å². The van der Waals surface area contributed by atoms with Crippen molar-refractivity contribution in [2.45, 2.75) is 25.9 Å². The van der Waals surface area contributed by atoms with Gasteiger partial charge in [-0.05, 0) is 25.0 Å². The van der Waals surface area contributed by atoms with Crippen molar-refractivity contribution < 1.29 is 4.79 Å². The van der Waals surface area contributed by atoms with Crippen LogP contribution in [0.25, 0.3) is 11.5 Å². The number of hydrogen-bond acceptors (Lipinski definition) is 4. The molecule has 0 spiro atoms. The zero-order chi connectivity index (χ0) is 17.4. The molecule has 7 heteroatoms. The largest absolute Gasteiger partial charge is 0.333 e. The van der Waals surface area contributed by atoms with Gasteiger partial charge >= 0.3 is 0 Å². The SMILES string of the molecule is C[C@@H]1C(=O)N(CCc2ccccc2)Cc2nnc(-c3ccn(C)n3)n21. The number of hydrogen-bond donors (Lipinski definition) is 0. The van der Waals surface area contributed by atoms with Crippen LogP contribution in [-0.2, 0) is 24.8 Å². The highest BCUT2D eigenvalue weighted by atomic mass is 16.2. The molecule has 3 aromatic rings. The lowest BCUT2D eigenvalue weighted by Gasteiger charge is -2.32. The molecule has 0 bridgehead atoms. The lowest BCUT2D eigenvalue weighted by molar-refractivity contribution is -0.136. The van der Waals surface area contributed by atoms with E-state index in [0.29, 0.717) is 18.9 Å². The first-order chi connectivity index (χ1) is 12.1. The monoisotopic (exact) mass is 336 g/mol. The number of rotatable bonds is 4. The molecule has 1 atom stereocenters. The molecule has 1 aliphatic heterocycles. The van der Waals surface area contributed by atoms with Crippen molar-refractivity contribution in [1.29, 1.82) is 0 Å². The number of benzene rings is 1. The normalized spacial score (nSPS) is 17.0. The molecule has 2 aromatic heterocycles. The van der Waals surface area contributed by atoms with E-state index in [1.807, 2.05) is 53.9 Å². The van der Waals surface area contributed by atoms with E-state index < -0.39 is 0 Å². The van der Waals surface area contributed by atoms with Gasteiger partial charge in [0.05, 0.1) is 6.54 Å². The molecule has 4 rings (SSSR count). The Morgan fingerprint density at radius 2 is 1.96 bits per heavy atom. The van der Waals surface area contributed by atoms with E-state index in [1.165, 1.54) is 5.56 Å². The second kappa shape index (κ2) is 6.16. The number of aryl methyl sites for hydroxylation is 1. The third kappa shape index (κ3) is 2.82. The number of amides is 1. The molecule has 0 saturated heterocycles. The van der Waals surface area contributed by atoms with Crippen molar-refractivity contribution in [3.8, 4) is 11.5 Å². The Morgan fingerprint density at radius 3 is 2.68 bits per heavy atom. The van der Waals surface area contributed by atoms with Gasteiger partial charge in [0, 0.05) is 19.8 Å². The maximum atomic E-state index is 12.8. The Morgan fingerprint density at radius 1 is 1.16 bits per heavy atom. The number of fused-ring (bicyclic) bond motifs is 1. The summed E-state index contributed by atoms with van der Waals surface area (Å²) < 4.78 is 3.63. The fraction of sp³-hybridized carbons (Fsp3) is 0.333. The summed E-state index contributed by atoms with van der Waals surface area (Å²) in [4.78, 5) is 14.7. The van der Waals surface area contributed by atoms with Gasteiger partial charge in [-0.1, -0.05) is 30.3 Å². The van der Waals surface area contributed by atoms with Gasteiger partial charge in [-0.2, -0.15) is 5.10 Å². The molecule has 0 N–H and O–H groups in total. The van der Waals surface area contributed by atoms with Crippen molar-refractivity contribution >= 4 is 5.91 Å². The highest BCUT2D eigenvalue weighted by Crippen LogP contribution is 2.27. The summed E-state index contributed by atoms with van der Waals surface area (Å²) in [5, 5.41) is 13.0. The van der Waals surface area contributed by atoms with Crippen molar-refractivity contribution in [2.24, 2.45) is 7.05 Å². The topological polar surface area (TPSA) is 68.8 Å². The molecule has 0 saturated carbocycles. The minimum Gasteiger partial charge on any atom is -0.333 e. The summed E-state index contributed by atoms with van der Waals surface area (Å²) in [6.45, 7) is 3.06. The molecule has 3 heterocycles. The van der Waals surface area contributed by atoms with Crippen LogP contribution >= 0.6 is 0 Å². The molecule has 7 nitrogen and oxygen atoms in total. The molecule has 0 aliphatic carbocycles. The second-order valence-electron chi connectivity index (χ2n) is 6.36. The van der Waals surface area contributed by atoms with E-state index in [0.717, 1.165) is 17.9 Å². The maximum absolute atomic E-state index is 12.8. The Hall–Kier alpha value is -2.96. The van der Waals surface area contributed by atoms with E-state index in [-0.39, 0.29) is 11.9 Å². The fourth-order valence-electron chi connectivity index (χ4n) is 3.27. The van der Waals surface area contributed by atoms with Gasteiger partial charge in [-0.3, -0.25) is 14.0 Å². The molecule has 0 fully saturated rings. The van der Waals surface area contributed by atoms with E-state index in [4.69, 9.17) is 0 Å². The van der Waals surface area contributed by atoms with E-state index in [2.05, 4.69) is 27.4 Å². The maximum Gasteiger partial charge on any atom is 0.245 e. The molecule has 128 valence electrons. The molecule has 1 aliphatic rings. The Kier molecular flexibility index (Phi) is 3.83. The van der Waals surface area contributed by atoms with Crippen LogP contribution in [0.1, 0.15) is 24.4 Å². The Bertz CT molecular complexity index is 897. The van der Waals surface area contributed by atoms with Gasteiger partial charge in [-0.25, -0.2) is 0 Å². The molecule has 1 amide bonds. The third-order valence-electron chi connectivity index (χ3n) is 4.61. The summed E-state index contributed by atoms with van der Waals surface area (Å²) in [6.07, 6.45) is 2.69. The van der Waals surface area contributed by atoms with E-state index >= 15 is 0 Å². The second-order valence-corrected chi connectivity index (χ2v) is 6.36. The highest BCUT2D eigenvalue weighted by molar-refractivity contribution is 5.81. The molecule has 0 unspecified atom stereocenters. The van der Waals surface area contributed by atoms with Crippen LogP contribution in [0.15, 0.2) is 42.6 Å². The lowest BCUT2D eigenvalue weighted by Crippen LogP contribution is -2.42. The van der Waals surface area contributed by atoms with Crippen molar-refractivity contribution in [3.63, 3.8) is 0 Å². The number of aromatic nitrogens is 5. The van der Waals surface area contributed by atoms with Crippen LogP contribution in [0.4, 0.5) is 0 Å². The number of carbonyl (C=O) groups is 1. The molecule has 0 radical (unpaired) electrons. The summed E-state index contributed by atoms with van der Waals surface area (Å²) in [6, 6.07) is 11.8. The number of nitrogens with zero attached hydrogens (tertiary/aromatic N) is 6. The lowest BCUT2D eigenvalue weighted by atomic mass is 10.1. The molecular weight excluding hydrogens is 316 g/mol. The summed E-state index contributed by atoms with van der Waals surface area (Å²) >= 11 is 0. The number of carbonyl (C=O) groups excluding carboxylic acids is 1. The summed E-state index contributed by atoms with van der Waals surface area (Å²) in [7, 11) is 1.86. The van der Waals surface area contributed by atoms with Gasteiger partial charge in [-0.15, -0.1) is 10.2 Å². The van der Waals surface area contributed by atoms with Crippen molar-refractivity contribution in [2.75, 3.05) is 6.54 Å². The fourth-order valence-corrected chi connectivity index (χ4v) is 3.27. The van der Waals surface area contributed by atoms with Crippen LogP contribution in [0.3, 0.4) is 0 Å². The first kappa shape index (κ1) is 15.6. The van der Waals surface area contributed by atoms with Crippen molar-refractivity contribution in [3.05, 3.63) is 54.0 Å². The van der Waals surface area contributed by atoms with Crippen molar-refractivity contribution in [1.82, 2.24) is 29.4 Å². The average Bonchev–Trinajstić information content (AvgIpc) is 3.23. The van der Waals surface area contributed by atoms with Gasteiger partial charge < -0.3 is 4.90 Å². The standard InChI is InChI=1S/C18H20N6O/c1-13-18(25)23(11-8-14-6-4-3-5-7-14)12-16-19-20-17(24(13)16)15-9-10-22(2)21-15/h3-7,9-10,13H,8,11-12H2,1-2H3/t13-/m1/s1. The summed E-state index contributed by atoms with van der Waals surface area (Å²) in [5.74, 6) is 1.56. The van der Waals surface area contributed by atoms with Crippen LogP contribution in [0, 0.1) is 0 Å². The highest BCUT2D eigenvalue weighted by Gasteiger charge is 2.33. The van der Waals surface area contributed by atoms with Gasteiger partial charge in [0.25, 0.3) is 0 Å². The van der Waals surface area contributed by atoms with Gasteiger partial charge in [0.2, 0.25) is 5.91 Å². The molecular formula is C18H20N6O. The third-order valence-corrected chi connectivity index (χ3v) is 4.61. The quantitative estimate of drug-likeness (QED) is 0.729. The van der Waals surface area contributed by atoms with Crippen LogP contribution in [0.5, 0.6) is 0 Å². The van der Waals surface area contributed by atoms with Crippen LogP contribution in [0.2, 0.25) is 0 Å². The van der Waals surface area contributed by atoms with E-state index in [1.54, 1.807) is 4.68 Å². The average molecular weight is 336 g/mol.